The van der Waals surface area contributed by atoms with Gasteiger partial charge in [-0.25, -0.2) is 9.67 Å². The number of benzene rings is 1. The Bertz CT molecular complexity index is 586. The van der Waals surface area contributed by atoms with E-state index < -0.39 is 0 Å². The molecule has 1 unspecified atom stereocenters. The summed E-state index contributed by atoms with van der Waals surface area (Å²) in [6.45, 7) is 4.24. The van der Waals surface area contributed by atoms with Crippen molar-refractivity contribution in [1.82, 2.24) is 20.2 Å². The molecule has 1 fully saturated rings. The molecule has 1 aromatic heterocycles. The molecular formula is C16H23N5. The summed E-state index contributed by atoms with van der Waals surface area (Å²) < 4.78 is 1.98. The lowest BCUT2D eigenvalue weighted by atomic mass is 9.86. The number of rotatable bonds is 6. The second-order valence-electron chi connectivity index (χ2n) is 6.16. The first-order valence-electron chi connectivity index (χ1n) is 7.57. The number of hydrazine groups is 1. The van der Waals surface area contributed by atoms with Crippen molar-refractivity contribution in [3.63, 3.8) is 0 Å². The minimum atomic E-state index is 0.143. The van der Waals surface area contributed by atoms with Gasteiger partial charge in [0.25, 0.3) is 0 Å². The molecule has 1 atom stereocenters. The molecule has 112 valence electrons. The largest absolute Gasteiger partial charge is 0.271 e. The number of aromatic nitrogens is 3. The fourth-order valence-corrected chi connectivity index (χ4v) is 3.19. The lowest BCUT2D eigenvalue weighted by Gasteiger charge is -2.27. The molecule has 1 saturated carbocycles. The molecule has 1 heterocycles. The van der Waals surface area contributed by atoms with E-state index in [4.69, 9.17) is 5.84 Å². The highest BCUT2D eigenvalue weighted by Crippen LogP contribution is 2.51. The summed E-state index contributed by atoms with van der Waals surface area (Å²) in [6, 6.07) is 11.1. The lowest BCUT2D eigenvalue weighted by molar-refractivity contribution is 0.396. The molecule has 3 N–H and O–H groups in total. The van der Waals surface area contributed by atoms with Crippen LogP contribution in [0.4, 0.5) is 0 Å². The monoisotopic (exact) mass is 285 g/mol. The smallest absolute Gasteiger partial charge is 0.138 e. The number of nitrogens with one attached hydrogen (secondary N) is 1. The van der Waals surface area contributed by atoms with Crippen molar-refractivity contribution in [3.8, 4) is 0 Å². The maximum absolute atomic E-state index is 5.87. The first-order valence-corrected chi connectivity index (χ1v) is 7.57. The second kappa shape index (κ2) is 5.58. The highest BCUT2D eigenvalue weighted by Gasteiger charge is 2.50. The molecule has 0 amide bonds. The van der Waals surface area contributed by atoms with Crippen molar-refractivity contribution in [2.24, 2.45) is 5.84 Å². The van der Waals surface area contributed by atoms with Gasteiger partial charge in [0.1, 0.15) is 12.2 Å². The van der Waals surface area contributed by atoms with Gasteiger partial charge in [-0.3, -0.25) is 11.3 Å². The predicted molar refractivity (Wildman–Crippen MR) is 82.6 cm³/mol. The summed E-state index contributed by atoms with van der Waals surface area (Å²) in [7, 11) is 0. The van der Waals surface area contributed by atoms with Crippen molar-refractivity contribution in [3.05, 3.63) is 48.0 Å². The third kappa shape index (κ3) is 2.59. The zero-order chi connectivity index (χ0) is 14.9. The van der Waals surface area contributed by atoms with Crippen LogP contribution in [0.25, 0.3) is 0 Å². The highest BCUT2D eigenvalue weighted by molar-refractivity contribution is 5.34. The molecule has 1 aliphatic rings. The number of hydrogen-bond donors (Lipinski definition) is 2. The van der Waals surface area contributed by atoms with Crippen LogP contribution in [0, 0.1) is 0 Å². The summed E-state index contributed by atoms with van der Waals surface area (Å²) in [5, 5.41) is 4.32. The molecule has 1 aliphatic carbocycles. The van der Waals surface area contributed by atoms with Crippen LogP contribution >= 0.6 is 0 Å². The molecule has 5 nitrogen and oxygen atoms in total. The summed E-state index contributed by atoms with van der Waals surface area (Å²) in [6.07, 6.45) is 4.76. The molecule has 1 aromatic carbocycles. The van der Waals surface area contributed by atoms with E-state index >= 15 is 0 Å². The molecule has 0 saturated heterocycles. The van der Waals surface area contributed by atoms with Gasteiger partial charge in [-0.05, 0) is 32.3 Å². The van der Waals surface area contributed by atoms with E-state index in [2.05, 4.69) is 59.7 Å². The Kier molecular flexibility index (Phi) is 3.78. The van der Waals surface area contributed by atoms with E-state index in [9.17, 15) is 0 Å². The van der Waals surface area contributed by atoms with E-state index in [0.29, 0.717) is 6.04 Å². The SMILES string of the molecule is CC(C)n1ncnc1CC(NN)C1(c2ccccc2)CC1. The van der Waals surface area contributed by atoms with Gasteiger partial charge in [0, 0.05) is 23.9 Å². The molecule has 2 aromatic rings. The van der Waals surface area contributed by atoms with Crippen molar-refractivity contribution < 1.29 is 0 Å². The van der Waals surface area contributed by atoms with Gasteiger partial charge >= 0.3 is 0 Å². The van der Waals surface area contributed by atoms with Crippen LogP contribution in [0.3, 0.4) is 0 Å². The molecule has 0 bridgehead atoms. The molecular weight excluding hydrogens is 262 g/mol. The molecule has 5 heteroatoms. The number of nitrogens with two attached hydrogens (primary N) is 1. The summed E-state index contributed by atoms with van der Waals surface area (Å²) in [4.78, 5) is 4.42. The summed E-state index contributed by atoms with van der Waals surface area (Å²) in [5.41, 5.74) is 4.53. The van der Waals surface area contributed by atoms with Crippen LogP contribution in [0.5, 0.6) is 0 Å². The first-order chi connectivity index (χ1) is 10.2. The quantitative estimate of drug-likeness (QED) is 0.629. The van der Waals surface area contributed by atoms with Gasteiger partial charge in [-0.15, -0.1) is 0 Å². The molecule has 21 heavy (non-hydrogen) atoms. The number of nitrogens with zero attached hydrogens (tertiary/aromatic N) is 3. The Morgan fingerprint density at radius 1 is 1.29 bits per heavy atom. The second-order valence-corrected chi connectivity index (χ2v) is 6.16. The third-order valence-electron chi connectivity index (χ3n) is 4.53. The first kappa shape index (κ1) is 14.2. The van der Waals surface area contributed by atoms with Crippen molar-refractivity contribution in [1.29, 1.82) is 0 Å². The number of hydrogen-bond acceptors (Lipinski definition) is 4. The highest BCUT2D eigenvalue weighted by atomic mass is 15.3. The Labute approximate surface area is 125 Å². The van der Waals surface area contributed by atoms with E-state index in [1.54, 1.807) is 6.33 Å². The topological polar surface area (TPSA) is 68.8 Å². The maximum atomic E-state index is 5.87. The molecule has 0 radical (unpaired) electrons. The van der Waals surface area contributed by atoms with E-state index in [0.717, 1.165) is 12.2 Å². The van der Waals surface area contributed by atoms with Gasteiger partial charge in [-0.2, -0.15) is 5.10 Å². The Morgan fingerprint density at radius 3 is 2.57 bits per heavy atom. The zero-order valence-electron chi connectivity index (χ0n) is 12.7. The fraction of sp³-hybridized carbons (Fsp3) is 0.500. The van der Waals surface area contributed by atoms with E-state index in [1.165, 1.54) is 18.4 Å². The Hall–Kier alpha value is -1.72. The van der Waals surface area contributed by atoms with Crippen LogP contribution in [0.1, 0.15) is 44.1 Å². The van der Waals surface area contributed by atoms with Crippen molar-refractivity contribution in [2.45, 2.75) is 50.6 Å². The summed E-state index contributed by atoms with van der Waals surface area (Å²) >= 11 is 0. The van der Waals surface area contributed by atoms with Crippen LogP contribution in [-0.2, 0) is 11.8 Å². The van der Waals surface area contributed by atoms with Gasteiger partial charge in [0.05, 0.1) is 0 Å². The molecule has 0 aliphatic heterocycles. The third-order valence-corrected chi connectivity index (χ3v) is 4.53. The minimum Gasteiger partial charge on any atom is -0.271 e. The average molecular weight is 285 g/mol. The maximum Gasteiger partial charge on any atom is 0.138 e. The normalized spacial score (nSPS) is 17.9. The van der Waals surface area contributed by atoms with Crippen LogP contribution < -0.4 is 11.3 Å². The van der Waals surface area contributed by atoms with Crippen molar-refractivity contribution in [2.75, 3.05) is 0 Å². The van der Waals surface area contributed by atoms with Crippen LogP contribution in [-0.4, -0.2) is 20.8 Å². The Balaban J connectivity index is 1.84. The minimum absolute atomic E-state index is 0.143. The predicted octanol–water partition coefficient (Wildman–Crippen LogP) is 1.97. The van der Waals surface area contributed by atoms with Crippen LogP contribution in [0.15, 0.2) is 36.7 Å². The Morgan fingerprint density at radius 2 is 2.00 bits per heavy atom. The van der Waals surface area contributed by atoms with Crippen molar-refractivity contribution >= 4 is 0 Å². The summed E-state index contributed by atoms with van der Waals surface area (Å²) in [5.74, 6) is 6.87. The van der Waals surface area contributed by atoms with Gasteiger partial charge in [-0.1, -0.05) is 30.3 Å². The standard InChI is InChI=1S/C16H23N5/c1-12(2)21-15(18-11-19-21)10-14(20-17)16(8-9-16)13-6-4-3-5-7-13/h3-7,11-12,14,20H,8-10,17H2,1-2H3. The fourth-order valence-electron chi connectivity index (χ4n) is 3.19. The molecule has 3 rings (SSSR count). The van der Waals surface area contributed by atoms with Gasteiger partial charge < -0.3 is 0 Å². The van der Waals surface area contributed by atoms with E-state index in [1.807, 2.05) is 4.68 Å². The zero-order valence-corrected chi connectivity index (χ0v) is 12.7. The van der Waals surface area contributed by atoms with Gasteiger partial charge in [0.2, 0.25) is 0 Å². The lowest BCUT2D eigenvalue weighted by Crippen LogP contribution is -2.46. The molecule has 0 spiro atoms. The van der Waals surface area contributed by atoms with Gasteiger partial charge in [0.15, 0.2) is 0 Å². The average Bonchev–Trinajstić information content (AvgIpc) is 3.17. The van der Waals surface area contributed by atoms with Crippen LogP contribution in [0.2, 0.25) is 0 Å². The van der Waals surface area contributed by atoms with E-state index in [-0.39, 0.29) is 11.5 Å².